The number of ketones is 3. The number of amides is 5. The van der Waals surface area contributed by atoms with Crippen LogP contribution in [0.15, 0.2) is 103 Å². The summed E-state index contributed by atoms with van der Waals surface area (Å²) in [6.07, 6.45) is -4.63. The zero-order valence-electron chi connectivity index (χ0n) is 55.4. The maximum atomic E-state index is 14.3. The number of aliphatic carboxylic acids is 4. The van der Waals surface area contributed by atoms with Gasteiger partial charge in [-0.15, -0.1) is 0 Å². The van der Waals surface area contributed by atoms with Crippen molar-refractivity contribution in [2.24, 2.45) is 41.2 Å². The van der Waals surface area contributed by atoms with Crippen LogP contribution in [0.2, 0.25) is 0 Å². The monoisotopic (exact) mass is 1440 g/mol. The number of carboxylic acid groups (broad SMARTS) is 4. The number of hydrogen-bond acceptors (Lipinski definition) is 22. The molecule has 3 heterocycles. The van der Waals surface area contributed by atoms with E-state index in [0.717, 1.165) is 43.9 Å². The van der Waals surface area contributed by atoms with Crippen LogP contribution in [0, 0.1) is 35.5 Å². The molecule has 101 heavy (non-hydrogen) atoms. The lowest BCUT2D eigenvalue weighted by Gasteiger charge is -2.49. The molecule has 3 aliphatic rings. The number of esters is 1. The number of Topliss-reactive ketones (excluding diaryl/α,β-unsaturated/α-hetero) is 3. The fourth-order valence-electron chi connectivity index (χ4n) is 12.7. The minimum Gasteiger partial charge on any atom is -0.481 e. The van der Waals surface area contributed by atoms with Crippen LogP contribution in [0.5, 0.6) is 0 Å². The number of hydrogen-bond donors (Lipinski definition) is 10. The first-order chi connectivity index (χ1) is 48.3. The maximum Gasteiger partial charge on any atom is 0.509 e. The van der Waals surface area contributed by atoms with Gasteiger partial charge in [0.05, 0.1) is 55.3 Å². The molecule has 2 aliphatic heterocycles. The highest BCUT2D eigenvalue weighted by molar-refractivity contribution is 8.76. The molecular weight excluding hydrogens is 1360 g/mol. The second kappa shape index (κ2) is 38.1. The Balaban J connectivity index is 0.875. The molecule has 32 heteroatoms. The van der Waals surface area contributed by atoms with Crippen LogP contribution in [-0.4, -0.2) is 177 Å². The molecule has 30 nitrogen and oxygen atoms in total. The summed E-state index contributed by atoms with van der Waals surface area (Å²) in [6.45, 7) is 5.90. The molecule has 2 fully saturated rings. The highest BCUT2D eigenvalue weighted by Crippen LogP contribution is 2.54. The summed E-state index contributed by atoms with van der Waals surface area (Å²) in [7, 11) is 2.16. The van der Waals surface area contributed by atoms with E-state index in [4.69, 9.17) is 30.0 Å². The third-order valence-corrected chi connectivity index (χ3v) is 20.5. The fourth-order valence-corrected chi connectivity index (χ4v) is 14.8. The van der Waals surface area contributed by atoms with Crippen molar-refractivity contribution in [2.75, 3.05) is 37.8 Å². The number of rotatable bonds is 42. The lowest BCUT2D eigenvalue weighted by atomic mass is 9.60. The molecule has 3 aromatic carbocycles. The van der Waals surface area contributed by atoms with E-state index in [9.17, 15) is 82.4 Å². The summed E-state index contributed by atoms with van der Waals surface area (Å²) in [4.78, 5) is 185. The maximum absolute atomic E-state index is 14.3. The Morgan fingerprint density at radius 3 is 2.06 bits per heavy atom. The predicted molar refractivity (Wildman–Crippen MR) is 360 cm³/mol. The molecule has 5 amide bonds. The van der Waals surface area contributed by atoms with Gasteiger partial charge >= 0.3 is 47.9 Å². The Kier molecular flexibility index (Phi) is 29.6. The first kappa shape index (κ1) is 78.5. The molecule has 1 aromatic heterocycles. The van der Waals surface area contributed by atoms with Gasteiger partial charge in [-0.25, -0.2) is 23.7 Å². The van der Waals surface area contributed by atoms with Crippen molar-refractivity contribution in [3.05, 3.63) is 120 Å². The van der Waals surface area contributed by atoms with E-state index < -0.39 is 182 Å². The number of ether oxygens (including phenoxy) is 4. The van der Waals surface area contributed by atoms with E-state index in [1.165, 1.54) is 0 Å². The Hall–Kier alpha value is -9.82. The Morgan fingerprint density at radius 1 is 0.723 bits per heavy atom. The second-order valence-electron chi connectivity index (χ2n) is 24.9. The normalized spacial score (nSPS) is 19.4. The molecule has 4 aromatic rings. The number of carbonyl (C=O) groups is 14. The van der Waals surface area contributed by atoms with E-state index in [2.05, 4.69) is 48.7 Å². The molecule has 12 atom stereocenters. The van der Waals surface area contributed by atoms with Crippen molar-refractivity contribution in [1.29, 1.82) is 0 Å². The average molecular weight is 1440 g/mol. The number of nitrogens with zero attached hydrogens (tertiary/aromatic N) is 2. The molecule has 0 spiro atoms. The number of urea groups is 1. The quantitative estimate of drug-likeness (QED) is 0.00441. The minimum atomic E-state index is -1.67. The molecule has 1 aliphatic carbocycles. The number of nitrogens with one attached hydrogen (secondary N) is 5. The van der Waals surface area contributed by atoms with Gasteiger partial charge in [-0.2, -0.15) is 0 Å². The topological polar surface area (TPSA) is 460 Å². The molecule has 0 bridgehead atoms. The van der Waals surface area contributed by atoms with Crippen molar-refractivity contribution in [2.45, 2.75) is 133 Å². The van der Waals surface area contributed by atoms with Crippen LogP contribution in [0.3, 0.4) is 0 Å². The van der Waals surface area contributed by atoms with Gasteiger partial charge in [-0.3, -0.25) is 47.9 Å². The standard InChI is InChI=1S/C69H82N8O22S2/c1-3-69(49-32-46-47(39(2)48(49)36-97-66(69)93)35-77-34-42-16-10-11-17-51(42)74-62(46)77)99-68(95)96-24-25-100-101-37-45(64(89)90)30-54(79)43(31-61(86)87)28-55(80)50(70)33-72-63(88)44(26-40-12-6-4-7-13-40)29-56(81)53(27-41-14-8-5-9-15-41)73-58(83)22-23-71-57(82)19-18-52(65(91)92)75-67(94)76-59(98-38-78)20-21-60(84)85/h4-17,34,38,43-50,52-53,59H,2-3,18-33,35-37,70H2,1H3,(H8-,71,72,73,75,76,82,83,84,85,86,87,88,89,90,91,92,94)/p+1/t43-,44+,45-,46?,47?,48?,49?,50-,52-,53-,59+,69-/m0/s1. The molecular formula is C69H83N8O22S2+. The lowest BCUT2D eigenvalue weighted by molar-refractivity contribution is -0.695. The van der Waals surface area contributed by atoms with Crippen LogP contribution in [-0.2, 0) is 95.9 Å². The lowest BCUT2D eigenvalue weighted by Crippen LogP contribution is -2.59. The molecule has 11 N–H and O–H groups in total. The van der Waals surface area contributed by atoms with Gasteiger partial charge < -0.3 is 71.7 Å². The largest absolute Gasteiger partial charge is 0.509 e. The summed E-state index contributed by atoms with van der Waals surface area (Å²) in [5.74, 6) is -14.7. The summed E-state index contributed by atoms with van der Waals surface area (Å²) in [6, 6.07) is 19.5. The van der Waals surface area contributed by atoms with Crippen molar-refractivity contribution in [3.63, 3.8) is 0 Å². The van der Waals surface area contributed by atoms with Gasteiger partial charge in [0.25, 0.3) is 6.47 Å². The first-order valence-electron chi connectivity index (χ1n) is 32.8. The van der Waals surface area contributed by atoms with Crippen LogP contribution in [0.25, 0.3) is 10.9 Å². The SMILES string of the molecule is C=C1C2C[n+]3cc4ccccc4nc3C2CC2C1COC(=O)[C@@]2(CC)OC(=O)OCCSSC[C@H](CC(=O)[C@H](CC(=O)O)CC(=O)[C@@H](N)CNC(=O)[C@@H](CC(=O)[C@H](Cc1ccccc1)NC(=O)CCNC(=O)CC[C@H](NC(=O)N[C@@H](CCC(=O)O)OC=O)C(=O)O)Cc1ccccc1)C(=O)O. The van der Waals surface area contributed by atoms with E-state index in [-0.39, 0.29) is 87.6 Å². The van der Waals surface area contributed by atoms with E-state index in [1.807, 2.05) is 24.3 Å². The first-order valence-corrected chi connectivity index (χ1v) is 35.3. The molecule has 4 unspecified atom stereocenters. The zero-order valence-corrected chi connectivity index (χ0v) is 57.0. The summed E-state index contributed by atoms with van der Waals surface area (Å²) in [5, 5.41) is 51.5. The Bertz CT molecular complexity index is 3700. The number of benzene rings is 3. The number of carboxylic acids is 4. The van der Waals surface area contributed by atoms with Crippen molar-refractivity contribution >= 4 is 116 Å². The Morgan fingerprint density at radius 2 is 1.40 bits per heavy atom. The van der Waals surface area contributed by atoms with Crippen molar-refractivity contribution in [1.82, 2.24) is 31.6 Å². The van der Waals surface area contributed by atoms with Crippen LogP contribution in [0.4, 0.5) is 9.59 Å². The van der Waals surface area contributed by atoms with Crippen molar-refractivity contribution in [3.8, 4) is 0 Å². The zero-order chi connectivity index (χ0) is 73.3. The number of aromatic nitrogens is 2. The minimum absolute atomic E-state index is 0.00566. The van der Waals surface area contributed by atoms with Crippen LogP contribution >= 0.6 is 21.6 Å². The van der Waals surface area contributed by atoms with Gasteiger partial charge in [-0.1, -0.05) is 113 Å². The van der Waals surface area contributed by atoms with Crippen LogP contribution in [0.1, 0.15) is 100 Å². The number of fused-ring (bicyclic) bond motifs is 5. The molecule has 1 saturated carbocycles. The van der Waals surface area contributed by atoms with Crippen LogP contribution < -0.4 is 36.9 Å². The summed E-state index contributed by atoms with van der Waals surface area (Å²) < 4.78 is 23.8. The van der Waals surface area contributed by atoms with Gasteiger partial charge in [-0.05, 0) is 60.3 Å². The number of para-hydroxylation sites is 1. The summed E-state index contributed by atoms with van der Waals surface area (Å²) in [5.41, 5.74) is 7.59. The molecule has 1 saturated heterocycles. The summed E-state index contributed by atoms with van der Waals surface area (Å²) >= 11 is 0. The highest BCUT2D eigenvalue weighted by atomic mass is 33.1. The van der Waals surface area contributed by atoms with E-state index in [1.54, 1.807) is 67.6 Å². The third-order valence-electron chi connectivity index (χ3n) is 18.0. The number of nitrogens with two attached hydrogens (primary N) is 1. The van der Waals surface area contributed by atoms with E-state index in [0.29, 0.717) is 24.1 Å². The van der Waals surface area contributed by atoms with Gasteiger partial charge in [0, 0.05) is 92.7 Å². The molecule has 7 rings (SSSR count). The second-order valence-corrected chi connectivity index (χ2v) is 27.5. The molecule has 0 radical (unpaired) electrons. The van der Waals surface area contributed by atoms with E-state index >= 15 is 0 Å². The predicted octanol–water partition coefficient (Wildman–Crippen LogP) is 3.77. The highest BCUT2D eigenvalue weighted by Gasteiger charge is 2.62. The average Bonchev–Trinajstić information content (AvgIpc) is 1.68. The molecule has 542 valence electrons. The smallest absolute Gasteiger partial charge is 0.481 e. The number of cyclic esters (lactones) is 1. The van der Waals surface area contributed by atoms with Crippen molar-refractivity contribution < 1.29 is 111 Å². The number of carbonyl (C=O) groups excluding carboxylic acids is 10. The van der Waals surface area contributed by atoms with Gasteiger partial charge in [0.1, 0.15) is 24.6 Å². The van der Waals surface area contributed by atoms with Gasteiger partial charge in [0.2, 0.25) is 23.3 Å². The van der Waals surface area contributed by atoms with Gasteiger partial charge in [0.15, 0.2) is 23.3 Å². The third kappa shape index (κ3) is 22.8. The Labute approximate surface area is 588 Å². The fraction of sp³-hybridized carbons (Fsp3) is 0.478.